The summed E-state index contributed by atoms with van der Waals surface area (Å²) in [5.41, 5.74) is 6.37. The van der Waals surface area contributed by atoms with Gasteiger partial charge in [-0.15, -0.1) is 0 Å². The number of nitrogens with one attached hydrogen (secondary N) is 1. The molecule has 124 valence electrons. The number of halogens is 3. The fourth-order valence-corrected chi connectivity index (χ4v) is 1.61. The molecule has 0 saturated heterocycles. The van der Waals surface area contributed by atoms with E-state index in [0.717, 1.165) is 6.42 Å². The molecule has 5 nitrogen and oxygen atoms in total. The number of nitrogens with zero attached hydrogens (tertiary/aromatic N) is 1. The molecule has 0 aliphatic rings. The van der Waals surface area contributed by atoms with Crippen LogP contribution in [0.2, 0.25) is 0 Å². The lowest BCUT2D eigenvalue weighted by Gasteiger charge is -2.17. The molecule has 22 heavy (non-hydrogen) atoms. The lowest BCUT2D eigenvalue weighted by atomic mass is 9.99. The number of alkyl halides is 3. The van der Waals surface area contributed by atoms with Gasteiger partial charge in [-0.2, -0.15) is 13.2 Å². The highest BCUT2D eigenvalue weighted by Gasteiger charge is 2.28. The van der Waals surface area contributed by atoms with Crippen LogP contribution in [0.5, 0.6) is 5.88 Å². The molecule has 2 unspecified atom stereocenters. The molecule has 1 aromatic heterocycles. The monoisotopic (exact) mass is 319 g/mol. The maximum Gasteiger partial charge on any atom is 0.422 e. The first-order valence-corrected chi connectivity index (χ1v) is 6.90. The molecule has 0 saturated carbocycles. The average molecular weight is 319 g/mol. The summed E-state index contributed by atoms with van der Waals surface area (Å²) in [6.07, 6.45) is -2.32. The number of ether oxygens (including phenoxy) is 1. The van der Waals surface area contributed by atoms with Gasteiger partial charge in [0.05, 0.1) is 6.04 Å². The number of nitrogens with two attached hydrogens (primary N) is 1. The van der Waals surface area contributed by atoms with Crippen molar-refractivity contribution in [2.45, 2.75) is 39.0 Å². The SMILES string of the molecule is CCC(C)C(N)C(=O)NCc1ccnc(OCC(F)(F)F)c1. The molecule has 1 heterocycles. The zero-order chi connectivity index (χ0) is 16.8. The van der Waals surface area contributed by atoms with Gasteiger partial charge < -0.3 is 15.8 Å². The van der Waals surface area contributed by atoms with Crippen LogP contribution in [-0.4, -0.2) is 29.7 Å². The summed E-state index contributed by atoms with van der Waals surface area (Å²) in [5.74, 6) is -0.401. The molecule has 0 aliphatic carbocycles. The van der Waals surface area contributed by atoms with E-state index in [9.17, 15) is 18.0 Å². The van der Waals surface area contributed by atoms with E-state index in [4.69, 9.17) is 5.73 Å². The Hall–Kier alpha value is -1.83. The van der Waals surface area contributed by atoms with Crippen molar-refractivity contribution in [1.82, 2.24) is 10.3 Å². The Kier molecular flexibility index (Phi) is 6.61. The van der Waals surface area contributed by atoms with Gasteiger partial charge in [0.15, 0.2) is 6.61 Å². The molecular weight excluding hydrogens is 299 g/mol. The van der Waals surface area contributed by atoms with E-state index < -0.39 is 18.8 Å². The van der Waals surface area contributed by atoms with Gasteiger partial charge in [0, 0.05) is 18.8 Å². The molecule has 0 aromatic carbocycles. The highest BCUT2D eigenvalue weighted by Crippen LogP contribution is 2.17. The van der Waals surface area contributed by atoms with Crippen molar-refractivity contribution in [1.29, 1.82) is 0 Å². The van der Waals surface area contributed by atoms with Crippen LogP contribution < -0.4 is 15.8 Å². The van der Waals surface area contributed by atoms with Crippen molar-refractivity contribution in [2.24, 2.45) is 11.7 Å². The van der Waals surface area contributed by atoms with E-state index in [-0.39, 0.29) is 24.2 Å². The summed E-state index contributed by atoms with van der Waals surface area (Å²) in [4.78, 5) is 15.5. The van der Waals surface area contributed by atoms with E-state index in [0.29, 0.717) is 5.56 Å². The Morgan fingerprint density at radius 1 is 1.50 bits per heavy atom. The number of aromatic nitrogens is 1. The fourth-order valence-electron chi connectivity index (χ4n) is 1.61. The van der Waals surface area contributed by atoms with E-state index in [1.165, 1.54) is 12.3 Å². The number of carbonyl (C=O) groups excluding carboxylic acids is 1. The minimum atomic E-state index is -4.42. The molecule has 8 heteroatoms. The number of carbonyl (C=O) groups is 1. The number of hydrogen-bond donors (Lipinski definition) is 2. The summed E-state index contributed by atoms with van der Waals surface area (Å²) in [7, 11) is 0. The maximum absolute atomic E-state index is 12.1. The first-order valence-electron chi connectivity index (χ1n) is 6.90. The standard InChI is InChI=1S/C14H20F3N3O2/c1-3-9(2)12(18)13(21)20-7-10-4-5-19-11(6-10)22-8-14(15,16)17/h4-6,9,12H,3,7-8,18H2,1-2H3,(H,20,21). The van der Waals surface area contributed by atoms with E-state index in [1.807, 2.05) is 13.8 Å². The lowest BCUT2D eigenvalue weighted by Crippen LogP contribution is -2.44. The molecule has 1 amide bonds. The maximum atomic E-state index is 12.1. The summed E-state index contributed by atoms with van der Waals surface area (Å²) in [5, 5.41) is 2.64. The minimum Gasteiger partial charge on any atom is -0.468 e. The molecule has 0 spiro atoms. The summed E-state index contributed by atoms with van der Waals surface area (Å²) >= 11 is 0. The van der Waals surface area contributed by atoms with Gasteiger partial charge in [-0.1, -0.05) is 20.3 Å². The van der Waals surface area contributed by atoms with Crippen LogP contribution in [0.1, 0.15) is 25.8 Å². The average Bonchev–Trinajstić information content (AvgIpc) is 2.48. The Morgan fingerprint density at radius 2 is 2.18 bits per heavy atom. The van der Waals surface area contributed by atoms with Crippen LogP contribution in [0, 0.1) is 5.92 Å². The number of hydrogen-bond acceptors (Lipinski definition) is 4. The van der Waals surface area contributed by atoms with Gasteiger partial charge in [-0.05, 0) is 17.5 Å². The van der Waals surface area contributed by atoms with Crippen LogP contribution in [0.15, 0.2) is 18.3 Å². The molecule has 0 fully saturated rings. The second-order valence-corrected chi connectivity index (χ2v) is 5.04. The summed E-state index contributed by atoms with van der Waals surface area (Å²) in [6.45, 7) is 2.55. The molecule has 1 aromatic rings. The highest BCUT2D eigenvalue weighted by atomic mass is 19.4. The molecular formula is C14H20F3N3O2. The van der Waals surface area contributed by atoms with E-state index >= 15 is 0 Å². The molecule has 2 atom stereocenters. The summed E-state index contributed by atoms with van der Waals surface area (Å²) < 4.78 is 40.8. The lowest BCUT2D eigenvalue weighted by molar-refractivity contribution is -0.154. The Morgan fingerprint density at radius 3 is 2.77 bits per heavy atom. The smallest absolute Gasteiger partial charge is 0.422 e. The minimum absolute atomic E-state index is 0.0446. The normalized spacial score (nSPS) is 14.3. The van der Waals surface area contributed by atoms with Crippen LogP contribution in [0.4, 0.5) is 13.2 Å². The zero-order valence-corrected chi connectivity index (χ0v) is 12.5. The van der Waals surface area contributed by atoms with Gasteiger partial charge >= 0.3 is 6.18 Å². The van der Waals surface area contributed by atoms with Crippen LogP contribution in [-0.2, 0) is 11.3 Å². The van der Waals surface area contributed by atoms with Gasteiger partial charge in [0.25, 0.3) is 0 Å². The van der Waals surface area contributed by atoms with Crippen LogP contribution in [0.3, 0.4) is 0 Å². The van der Waals surface area contributed by atoms with Crippen molar-refractivity contribution in [3.63, 3.8) is 0 Å². The van der Waals surface area contributed by atoms with Crippen molar-refractivity contribution in [3.8, 4) is 5.88 Å². The third kappa shape index (κ3) is 6.30. The van der Waals surface area contributed by atoms with Crippen molar-refractivity contribution in [3.05, 3.63) is 23.9 Å². The third-order valence-electron chi connectivity index (χ3n) is 3.21. The number of rotatable bonds is 7. The second-order valence-electron chi connectivity index (χ2n) is 5.04. The quantitative estimate of drug-likeness (QED) is 0.806. The first kappa shape index (κ1) is 18.2. The van der Waals surface area contributed by atoms with Gasteiger partial charge in [-0.3, -0.25) is 4.79 Å². The molecule has 3 N–H and O–H groups in total. The molecule has 0 radical (unpaired) electrons. The fraction of sp³-hybridized carbons (Fsp3) is 0.571. The summed E-state index contributed by atoms with van der Waals surface area (Å²) in [6, 6.07) is 2.31. The highest BCUT2D eigenvalue weighted by molar-refractivity contribution is 5.81. The van der Waals surface area contributed by atoms with Gasteiger partial charge in [-0.25, -0.2) is 4.98 Å². The molecule has 0 aliphatic heterocycles. The Labute approximate surface area is 127 Å². The Balaban J connectivity index is 2.54. The van der Waals surface area contributed by atoms with Gasteiger partial charge in [0.1, 0.15) is 0 Å². The number of amides is 1. The molecule has 1 rings (SSSR count). The first-order chi connectivity index (χ1) is 10.2. The van der Waals surface area contributed by atoms with E-state index in [2.05, 4.69) is 15.0 Å². The Bertz CT molecular complexity index is 494. The van der Waals surface area contributed by atoms with Crippen molar-refractivity contribution in [2.75, 3.05) is 6.61 Å². The van der Waals surface area contributed by atoms with Crippen LogP contribution in [0.25, 0.3) is 0 Å². The van der Waals surface area contributed by atoms with E-state index in [1.54, 1.807) is 6.07 Å². The van der Waals surface area contributed by atoms with Crippen molar-refractivity contribution < 1.29 is 22.7 Å². The van der Waals surface area contributed by atoms with Gasteiger partial charge in [0.2, 0.25) is 11.8 Å². The number of pyridine rings is 1. The zero-order valence-electron chi connectivity index (χ0n) is 12.5. The predicted molar refractivity (Wildman–Crippen MR) is 75.1 cm³/mol. The molecule has 0 bridgehead atoms. The van der Waals surface area contributed by atoms with Crippen molar-refractivity contribution >= 4 is 5.91 Å². The third-order valence-corrected chi connectivity index (χ3v) is 3.21. The predicted octanol–water partition coefficient (Wildman–Crippen LogP) is 2.01. The topological polar surface area (TPSA) is 77.2 Å². The second kappa shape index (κ2) is 7.98. The largest absolute Gasteiger partial charge is 0.468 e. The van der Waals surface area contributed by atoms with Crippen LogP contribution >= 0.6 is 0 Å².